The van der Waals surface area contributed by atoms with Gasteiger partial charge in [0.05, 0.1) is 5.41 Å². The fraction of sp³-hybridized carbons (Fsp3) is 0.900. The lowest BCUT2D eigenvalue weighted by Gasteiger charge is -2.55. The molecule has 1 N–H and O–H groups in total. The van der Waals surface area contributed by atoms with Gasteiger partial charge in [-0.1, -0.05) is 117 Å². The molecule has 0 aromatic rings. The summed E-state index contributed by atoms with van der Waals surface area (Å²) in [5.74, 6) is -1.22. The van der Waals surface area contributed by atoms with Crippen LogP contribution in [0.2, 0.25) is 0 Å². The number of aliphatic carboxylic acids is 1. The topological polar surface area (TPSA) is 74.7 Å². The summed E-state index contributed by atoms with van der Waals surface area (Å²) >= 11 is 0. The number of piperidine rings is 1. The van der Waals surface area contributed by atoms with E-state index in [1.807, 2.05) is 13.8 Å². The molecule has 0 aromatic heterocycles. The molecule has 2 fully saturated rings. The van der Waals surface area contributed by atoms with Crippen LogP contribution in [0.3, 0.4) is 0 Å². The number of hydrogen-bond donors (Lipinski definition) is 1. The molecule has 1 aliphatic carbocycles. The van der Waals surface area contributed by atoms with Gasteiger partial charge in [0, 0.05) is 17.4 Å². The number of imide groups is 1. The Kier molecular flexibility index (Phi) is 11.8. The molecule has 2 unspecified atom stereocenters. The fourth-order valence-electron chi connectivity index (χ4n) is 6.99. The van der Waals surface area contributed by atoms with Gasteiger partial charge in [-0.3, -0.25) is 19.3 Å². The van der Waals surface area contributed by atoms with Crippen molar-refractivity contribution in [2.45, 2.75) is 150 Å². The Morgan fingerprint density at radius 2 is 1.00 bits per heavy atom. The molecule has 2 atom stereocenters. The van der Waals surface area contributed by atoms with E-state index in [0.29, 0.717) is 25.8 Å². The van der Waals surface area contributed by atoms with Gasteiger partial charge in [-0.05, 0) is 32.6 Å². The molecule has 35 heavy (non-hydrogen) atoms. The Labute approximate surface area is 214 Å². The maximum absolute atomic E-state index is 13.2. The number of fused-ring (bicyclic) bond motifs is 2. The van der Waals surface area contributed by atoms with Crippen molar-refractivity contribution in [2.75, 3.05) is 6.54 Å². The van der Waals surface area contributed by atoms with Gasteiger partial charge in [-0.2, -0.15) is 0 Å². The van der Waals surface area contributed by atoms with Crippen LogP contribution in [0.25, 0.3) is 0 Å². The zero-order valence-corrected chi connectivity index (χ0v) is 23.3. The first-order chi connectivity index (χ1) is 16.6. The number of nitrogens with zero attached hydrogens (tertiary/aromatic N) is 1. The van der Waals surface area contributed by atoms with Gasteiger partial charge in [-0.25, -0.2) is 0 Å². The second-order valence-electron chi connectivity index (χ2n) is 12.6. The van der Waals surface area contributed by atoms with Crippen molar-refractivity contribution < 1.29 is 19.5 Å². The maximum Gasteiger partial charge on any atom is 0.309 e. The molecule has 0 spiro atoms. The molecule has 0 radical (unpaired) electrons. The van der Waals surface area contributed by atoms with Crippen molar-refractivity contribution in [3.05, 3.63) is 0 Å². The van der Waals surface area contributed by atoms with Crippen molar-refractivity contribution in [1.82, 2.24) is 4.90 Å². The van der Waals surface area contributed by atoms with Crippen LogP contribution in [0.15, 0.2) is 0 Å². The molecule has 5 nitrogen and oxygen atoms in total. The van der Waals surface area contributed by atoms with Gasteiger partial charge in [0.25, 0.3) is 0 Å². The van der Waals surface area contributed by atoms with Crippen molar-refractivity contribution in [2.24, 2.45) is 16.2 Å². The Morgan fingerprint density at radius 1 is 0.657 bits per heavy atom. The molecule has 1 aliphatic heterocycles. The van der Waals surface area contributed by atoms with E-state index >= 15 is 0 Å². The van der Waals surface area contributed by atoms with Crippen LogP contribution in [0.5, 0.6) is 0 Å². The number of rotatable bonds is 18. The molecule has 2 amide bonds. The molecule has 2 bridgehead atoms. The molecule has 1 heterocycles. The number of amides is 2. The Hall–Kier alpha value is -1.39. The average Bonchev–Trinajstić information content (AvgIpc) is 2.79. The Balaban J connectivity index is 1.58. The highest BCUT2D eigenvalue weighted by molar-refractivity contribution is 6.04. The van der Waals surface area contributed by atoms with Crippen LogP contribution in [0.1, 0.15) is 150 Å². The highest BCUT2D eigenvalue weighted by atomic mass is 16.4. The van der Waals surface area contributed by atoms with E-state index < -0.39 is 22.2 Å². The first-order valence-electron chi connectivity index (χ1n) is 14.7. The van der Waals surface area contributed by atoms with Gasteiger partial charge in [0.1, 0.15) is 0 Å². The van der Waals surface area contributed by atoms with Gasteiger partial charge in [0.2, 0.25) is 11.8 Å². The SMILES string of the molecule is CCCCCCCCCCCCCCCCCCN1C(=O)C2(C)CC(C)(C(=O)O)CC(C)(C2)C1=O. The maximum atomic E-state index is 13.2. The first-order valence-corrected chi connectivity index (χ1v) is 14.7. The highest BCUT2D eigenvalue weighted by Gasteiger charge is 2.63. The number of unbranched alkanes of at least 4 members (excludes halogenated alkanes) is 15. The van der Waals surface area contributed by atoms with Gasteiger partial charge < -0.3 is 5.11 Å². The summed E-state index contributed by atoms with van der Waals surface area (Å²) in [5.41, 5.74) is -2.54. The number of carbonyl (C=O) groups is 3. The van der Waals surface area contributed by atoms with Crippen LogP contribution in [0, 0.1) is 16.2 Å². The smallest absolute Gasteiger partial charge is 0.309 e. The number of carboxylic acids is 1. The zero-order valence-electron chi connectivity index (χ0n) is 23.3. The third kappa shape index (κ3) is 8.32. The minimum Gasteiger partial charge on any atom is -0.481 e. The van der Waals surface area contributed by atoms with Crippen molar-refractivity contribution in [3.63, 3.8) is 0 Å². The second-order valence-corrected chi connectivity index (χ2v) is 12.6. The molecule has 1 saturated heterocycles. The van der Waals surface area contributed by atoms with Crippen LogP contribution in [0.4, 0.5) is 0 Å². The Bertz CT molecular complexity index is 674. The van der Waals surface area contributed by atoms with Crippen LogP contribution < -0.4 is 0 Å². The van der Waals surface area contributed by atoms with E-state index in [1.165, 1.54) is 88.4 Å². The van der Waals surface area contributed by atoms with Crippen molar-refractivity contribution >= 4 is 17.8 Å². The average molecular weight is 492 g/mol. The summed E-state index contributed by atoms with van der Waals surface area (Å²) in [4.78, 5) is 39.8. The molecule has 0 aromatic carbocycles. The van der Waals surface area contributed by atoms with E-state index in [0.717, 1.165) is 19.3 Å². The van der Waals surface area contributed by atoms with E-state index in [-0.39, 0.29) is 11.8 Å². The van der Waals surface area contributed by atoms with E-state index in [4.69, 9.17) is 0 Å². The minimum absolute atomic E-state index is 0.159. The molecule has 2 rings (SSSR count). The lowest BCUT2D eigenvalue weighted by Crippen LogP contribution is -2.64. The molecular weight excluding hydrogens is 438 g/mol. The monoisotopic (exact) mass is 491 g/mol. The third-order valence-electron chi connectivity index (χ3n) is 8.62. The zero-order chi connectivity index (χ0) is 26.0. The lowest BCUT2D eigenvalue weighted by atomic mass is 9.52. The van der Waals surface area contributed by atoms with Crippen LogP contribution >= 0.6 is 0 Å². The lowest BCUT2D eigenvalue weighted by molar-refractivity contribution is -0.183. The van der Waals surface area contributed by atoms with Gasteiger partial charge >= 0.3 is 5.97 Å². The summed E-state index contributed by atoms with van der Waals surface area (Å²) in [6, 6.07) is 0. The molecule has 202 valence electrons. The predicted molar refractivity (Wildman–Crippen MR) is 142 cm³/mol. The Morgan fingerprint density at radius 3 is 1.34 bits per heavy atom. The van der Waals surface area contributed by atoms with Crippen molar-refractivity contribution in [3.8, 4) is 0 Å². The summed E-state index contributed by atoms with van der Waals surface area (Å²) in [6.07, 6.45) is 21.8. The van der Waals surface area contributed by atoms with Crippen molar-refractivity contribution in [1.29, 1.82) is 0 Å². The largest absolute Gasteiger partial charge is 0.481 e. The first kappa shape index (κ1) is 29.8. The van der Waals surface area contributed by atoms with Gasteiger partial charge in [-0.15, -0.1) is 0 Å². The molecule has 1 saturated carbocycles. The number of carbonyl (C=O) groups excluding carboxylic acids is 2. The van der Waals surface area contributed by atoms with E-state index in [2.05, 4.69) is 6.92 Å². The number of hydrogen-bond acceptors (Lipinski definition) is 3. The van der Waals surface area contributed by atoms with Crippen LogP contribution in [-0.4, -0.2) is 34.3 Å². The second kappa shape index (κ2) is 13.8. The molecule has 2 aliphatic rings. The fourth-order valence-corrected chi connectivity index (χ4v) is 6.99. The molecule has 5 heteroatoms. The third-order valence-corrected chi connectivity index (χ3v) is 8.62. The van der Waals surface area contributed by atoms with Crippen LogP contribution in [-0.2, 0) is 14.4 Å². The number of likely N-dealkylation sites (tertiary alicyclic amines) is 1. The predicted octanol–water partition coefficient (Wildman–Crippen LogP) is 7.90. The highest BCUT2D eigenvalue weighted by Crippen LogP contribution is 2.58. The summed E-state index contributed by atoms with van der Waals surface area (Å²) in [7, 11) is 0. The number of carboxylic acid groups (broad SMARTS) is 1. The van der Waals surface area contributed by atoms with E-state index in [9.17, 15) is 19.5 Å². The van der Waals surface area contributed by atoms with E-state index in [1.54, 1.807) is 6.92 Å². The summed E-state index contributed by atoms with van der Waals surface area (Å²) < 4.78 is 0. The summed E-state index contributed by atoms with van der Waals surface area (Å²) in [5, 5.41) is 9.74. The molecular formula is C30H53NO4. The quantitative estimate of drug-likeness (QED) is 0.156. The summed E-state index contributed by atoms with van der Waals surface area (Å²) in [6.45, 7) is 8.16. The van der Waals surface area contributed by atoms with Gasteiger partial charge in [0.15, 0.2) is 0 Å². The minimum atomic E-state index is -1.02. The standard InChI is InChI=1S/C30H53NO4/c1-5-6-7-8-9-10-11-12-13-14-15-16-17-18-19-20-21-31-25(32)28(2)22-29(3,26(31)33)24-30(4,23-28)27(34)35/h5-24H2,1-4H3,(H,34,35). The normalized spacial score (nSPS) is 28.5.